The van der Waals surface area contributed by atoms with Crippen LogP contribution in [0.1, 0.15) is 30.5 Å². The number of ether oxygens (including phenoxy) is 1. The first kappa shape index (κ1) is 15.2. The minimum Gasteiger partial charge on any atom is -0.489 e. The van der Waals surface area contributed by atoms with Crippen molar-refractivity contribution in [3.8, 4) is 5.75 Å². The number of nitrogens with two attached hydrogens (primary N) is 1. The maximum Gasteiger partial charge on any atom is 0.119 e. The number of hydrogen-bond acceptors (Lipinski definition) is 2. The van der Waals surface area contributed by atoms with E-state index in [9.17, 15) is 0 Å². The zero-order valence-electron chi connectivity index (χ0n) is 11.3. The largest absolute Gasteiger partial charge is 0.489 e. The Bertz CT molecular complexity index is 569. The highest BCUT2D eigenvalue weighted by Crippen LogP contribution is 2.27. The van der Waals surface area contributed by atoms with Crippen LogP contribution in [0, 0.1) is 0 Å². The van der Waals surface area contributed by atoms with Crippen molar-refractivity contribution in [1.82, 2.24) is 0 Å². The second kappa shape index (κ2) is 6.98. The summed E-state index contributed by atoms with van der Waals surface area (Å²) in [5.41, 5.74) is 7.95. The van der Waals surface area contributed by atoms with E-state index in [0.717, 1.165) is 23.3 Å². The lowest BCUT2D eigenvalue weighted by Crippen LogP contribution is -2.08. The molecule has 0 aromatic heterocycles. The molecule has 0 saturated carbocycles. The number of benzene rings is 2. The van der Waals surface area contributed by atoms with Gasteiger partial charge in [0.1, 0.15) is 12.4 Å². The smallest absolute Gasteiger partial charge is 0.119 e. The third-order valence-corrected chi connectivity index (χ3v) is 4.03. The van der Waals surface area contributed by atoms with Crippen molar-refractivity contribution in [3.05, 3.63) is 63.6 Å². The van der Waals surface area contributed by atoms with E-state index in [2.05, 4.69) is 6.92 Å². The van der Waals surface area contributed by atoms with Gasteiger partial charge < -0.3 is 10.5 Å². The molecule has 0 spiro atoms. The van der Waals surface area contributed by atoms with Gasteiger partial charge in [0.15, 0.2) is 0 Å². The standard InChI is InChI=1S/C16H17Cl2NO/c1-2-15(19)11-6-8-13(9-7-11)20-10-12-4-3-5-14(17)16(12)18/h3-9,15H,2,10,19H2,1H3/t15-/m0/s1. The summed E-state index contributed by atoms with van der Waals surface area (Å²) in [7, 11) is 0. The van der Waals surface area contributed by atoms with E-state index in [-0.39, 0.29) is 6.04 Å². The lowest BCUT2D eigenvalue weighted by Gasteiger charge is -2.11. The summed E-state index contributed by atoms with van der Waals surface area (Å²) < 4.78 is 5.71. The van der Waals surface area contributed by atoms with Crippen LogP contribution in [0.5, 0.6) is 5.75 Å². The Morgan fingerprint density at radius 1 is 1.10 bits per heavy atom. The van der Waals surface area contributed by atoms with Crippen LogP contribution in [0.4, 0.5) is 0 Å². The van der Waals surface area contributed by atoms with E-state index < -0.39 is 0 Å². The third kappa shape index (κ3) is 3.66. The molecular weight excluding hydrogens is 293 g/mol. The SMILES string of the molecule is CC[C@H](N)c1ccc(OCc2cccc(Cl)c2Cl)cc1. The predicted octanol–water partition coefficient (Wildman–Crippen LogP) is 4.98. The molecule has 2 rings (SSSR count). The first-order valence-electron chi connectivity index (χ1n) is 6.53. The minimum atomic E-state index is 0.0754. The molecule has 106 valence electrons. The van der Waals surface area contributed by atoms with Gasteiger partial charge in [0.2, 0.25) is 0 Å². The van der Waals surface area contributed by atoms with Gasteiger partial charge in [-0.3, -0.25) is 0 Å². The van der Waals surface area contributed by atoms with Gasteiger partial charge in [0.25, 0.3) is 0 Å². The summed E-state index contributed by atoms with van der Waals surface area (Å²) in [5.74, 6) is 0.785. The van der Waals surface area contributed by atoms with E-state index in [0.29, 0.717) is 16.7 Å². The molecule has 20 heavy (non-hydrogen) atoms. The van der Waals surface area contributed by atoms with Gasteiger partial charge in [-0.25, -0.2) is 0 Å². The van der Waals surface area contributed by atoms with Crippen molar-refractivity contribution in [2.75, 3.05) is 0 Å². The molecule has 0 aliphatic carbocycles. The number of rotatable bonds is 5. The van der Waals surface area contributed by atoms with Crippen LogP contribution in [0.3, 0.4) is 0 Å². The van der Waals surface area contributed by atoms with Crippen molar-refractivity contribution in [1.29, 1.82) is 0 Å². The average molecular weight is 310 g/mol. The van der Waals surface area contributed by atoms with Crippen LogP contribution in [0.15, 0.2) is 42.5 Å². The first-order valence-corrected chi connectivity index (χ1v) is 7.28. The molecule has 0 saturated heterocycles. The molecular formula is C16H17Cl2NO. The molecule has 0 heterocycles. The van der Waals surface area contributed by atoms with Gasteiger partial charge in [-0.1, -0.05) is 54.4 Å². The molecule has 0 fully saturated rings. The molecule has 0 aliphatic heterocycles. The maximum absolute atomic E-state index is 6.12. The van der Waals surface area contributed by atoms with Gasteiger partial charge in [-0.15, -0.1) is 0 Å². The lowest BCUT2D eigenvalue weighted by molar-refractivity contribution is 0.306. The highest BCUT2D eigenvalue weighted by atomic mass is 35.5. The van der Waals surface area contributed by atoms with E-state index in [4.69, 9.17) is 33.7 Å². The van der Waals surface area contributed by atoms with Crippen LogP contribution in [-0.2, 0) is 6.61 Å². The molecule has 2 N–H and O–H groups in total. The quantitative estimate of drug-likeness (QED) is 0.845. The van der Waals surface area contributed by atoms with Gasteiger partial charge >= 0.3 is 0 Å². The van der Waals surface area contributed by atoms with Gasteiger partial charge in [-0.2, -0.15) is 0 Å². The van der Waals surface area contributed by atoms with Crippen molar-refractivity contribution < 1.29 is 4.74 Å². The summed E-state index contributed by atoms with van der Waals surface area (Å²) >= 11 is 12.1. The molecule has 0 radical (unpaired) electrons. The maximum atomic E-state index is 6.12. The fourth-order valence-corrected chi connectivity index (χ4v) is 2.24. The summed E-state index contributed by atoms with van der Waals surface area (Å²) in [6.07, 6.45) is 0.915. The monoisotopic (exact) mass is 309 g/mol. The van der Waals surface area contributed by atoms with E-state index in [1.165, 1.54) is 0 Å². The molecule has 0 aliphatic rings. The van der Waals surface area contributed by atoms with Gasteiger partial charge in [-0.05, 0) is 30.2 Å². The zero-order chi connectivity index (χ0) is 14.5. The Labute approximate surface area is 129 Å². The van der Waals surface area contributed by atoms with Crippen molar-refractivity contribution >= 4 is 23.2 Å². The average Bonchev–Trinajstić information content (AvgIpc) is 2.48. The Kier molecular flexibility index (Phi) is 5.30. The first-order chi connectivity index (χ1) is 9.61. The summed E-state index contributed by atoms with van der Waals surface area (Å²) in [6, 6.07) is 13.4. The van der Waals surface area contributed by atoms with E-state index >= 15 is 0 Å². The third-order valence-electron chi connectivity index (χ3n) is 3.17. The Hall–Kier alpha value is -1.22. The fraction of sp³-hybridized carbons (Fsp3) is 0.250. The van der Waals surface area contributed by atoms with Crippen molar-refractivity contribution in [2.45, 2.75) is 26.0 Å². The molecule has 0 bridgehead atoms. The van der Waals surface area contributed by atoms with Crippen LogP contribution in [-0.4, -0.2) is 0 Å². The molecule has 2 aromatic carbocycles. The molecule has 2 aromatic rings. The minimum absolute atomic E-state index is 0.0754. The van der Waals surface area contributed by atoms with Crippen molar-refractivity contribution in [2.24, 2.45) is 5.73 Å². The van der Waals surface area contributed by atoms with Crippen LogP contribution in [0.2, 0.25) is 10.0 Å². The van der Waals surface area contributed by atoms with Gasteiger partial charge in [0, 0.05) is 11.6 Å². The van der Waals surface area contributed by atoms with Crippen molar-refractivity contribution in [3.63, 3.8) is 0 Å². The van der Waals surface area contributed by atoms with Gasteiger partial charge in [0.05, 0.1) is 10.0 Å². The fourth-order valence-electron chi connectivity index (χ4n) is 1.87. The second-order valence-corrected chi connectivity index (χ2v) is 5.37. The summed E-state index contributed by atoms with van der Waals surface area (Å²) in [4.78, 5) is 0. The Balaban J connectivity index is 2.02. The number of halogens is 2. The predicted molar refractivity (Wildman–Crippen MR) is 84.5 cm³/mol. The molecule has 0 amide bonds. The zero-order valence-corrected chi connectivity index (χ0v) is 12.8. The molecule has 4 heteroatoms. The Morgan fingerprint density at radius 3 is 2.45 bits per heavy atom. The summed E-state index contributed by atoms with van der Waals surface area (Å²) in [6.45, 7) is 2.45. The highest BCUT2D eigenvalue weighted by molar-refractivity contribution is 6.42. The molecule has 1 atom stereocenters. The van der Waals surface area contributed by atoms with Crippen LogP contribution in [0.25, 0.3) is 0 Å². The Morgan fingerprint density at radius 2 is 1.80 bits per heavy atom. The summed E-state index contributed by atoms with van der Waals surface area (Å²) in [5, 5.41) is 1.08. The van der Waals surface area contributed by atoms with Crippen LogP contribution < -0.4 is 10.5 Å². The van der Waals surface area contributed by atoms with E-state index in [1.54, 1.807) is 6.07 Å². The number of hydrogen-bond donors (Lipinski definition) is 1. The topological polar surface area (TPSA) is 35.2 Å². The second-order valence-electron chi connectivity index (χ2n) is 4.59. The molecule has 2 nitrogen and oxygen atoms in total. The lowest BCUT2D eigenvalue weighted by atomic mass is 10.1. The normalized spacial score (nSPS) is 12.2. The van der Waals surface area contributed by atoms with E-state index in [1.807, 2.05) is 36.4 Å². The highest BCUT2D eigenvalue weighted by Gasteiger charge is 2.06. The van der Waals surface area contributed by atoms with Crippen LogP contribution >= 0.6 is 23.2 Å². The molecule has 0 unspecified atom stereocenters.